The quantitative estimate of drug-likeness (QED) is 0.908. The van der Waals surface area contributed by atoms with Gasteiger partial charge in [0.15, 0.2) is 9.84 Å². The number of benzene rings is 1. The van der Waals surface area contributed by atoms with Gasteiger partial charge >= 0.3 is 0 Å². The number of sulfone groups is 1. The topological polar surface area (TPSA) is 46.2 Å². The van der Waals surface area contributed by atoms with Gasteiger partial charge in [-0.25, -0.2) is 8.42 Å². The van der Waals surface area contributed by atoms with Crippen molar-refractivity contribution in [1.82, 2.24) is 5.32 Å². The lowest BCUT2D eigenvalue weighted by atomic mass is 10.1. The van der Waals surface area contributed by atoms with Gasteiger partial charge < -0.3 is 5.32 Å². The van der Waals surface area contributed by atoms with Crippen LogP contribution in [0.4, 0.5) is 0 Å². The first-order valence-electron chi connectivity index (χ1n) is 6.34. The smallest absolute Gasteiger partial charge is 0.156 e. The van der Waals surface area contributed by atoms with E-state index in [1.807, 2.05) is 31.2 Å². The third-order valence-electron chi connectivity index (χ3n) is 3.12. The summed E-state index contributed by atoms with van der Waals surface area (Å²) in [6.45, 7) is 7.64. The highest BCUT2D eigenvalue weighted by Gasteiger charge is 2.28. The van der Waals surface area contributed by atoms with Gasteiger partial charge in [0.25, 0.3) is 0 Å². The fraction of sp³-hybridized carbons (Fsp3) is 0.571. The fourth-order valence-electron chi connectivity index (χ4n) is 1.59. The van der Waals surface area contributed by atoms with Crippen molar-refractivity contribution >= 4 is 21.4 Å². The van der Waals surface area contributed by atoms with Crippen molar-refractivity contribution in [3.63, 3.8) is 0 Å². The largest absolute Gasteiger partial charge is 0.309 e. The van der Waals surface area contributed by atoms with Crippen LogP contribution in [0.25, 0.3) is 0 Å². The van der Waals surface area contributed by atoms with E-state index in [1.54, 1.807) is 20.8 Å². The van der Waals surface area contributed by atoms with E-state index >= 15 is 0 Å². The molecule has 0 radical (unpaired) electrons. The fourth-order valence-corrected chi connectivity index (χ4v) is 2.71. The van der Waals surface area contributed by atoms with Crippen LogP contribution in [-0.4, -0.2) is 25.5 Å². The minimum Gasteiger partial charge on any atom is -0.309 e. The lowest BCUT2D eigenvalue weighted by Crippen LogP contribution is -2.35. The average molecular weight is 304 g/mol. The van der Waals surface area contributed by atoms with Crippen LogP contribution >= 0.6 is 11.6 Å². The summed E-state index contributed by atoms with van der Waals surface area (Å²) in [5.41, 5.74) is 1.09. The van der Waals surface area contributed by atoms with E-state index in [2.05, 4.69) is 5.32 Å². The summed E-state index contributed by atoms with van der Waals surface area (Å²) in [4.78, 5) is 0. The molecule has 0 aliphatic carbocycles. The molecule has 0 unspecified atom stereocenters. The second kappa shape index (κ2) is 6.25. The van der Waals surface area contributed by atoms with Crippen LogP contribution in [-0.2, 0) is 9.84 Å². The van der Waals surface area contributed by atoms with Gasteiger partial charge in [0.2, 0.25) is 0 Å². The van der Waals surface area contributed by atoms with Gasteiger partial charge in [0.05, 0.1) is 10.5 Å². The summed E-state index contributed by atoms with van der Waals surface area (Å²) in [7, 11) is -3.07. The molecule has 5 heteroatoms. The molecule has 19 heavy (non-hydrogen) atoms. The minimum absolute atomic E-state index is 0.104. The highest BCUT2D eigenvalue weighted by Crippen LogP contribution is 2.17. The Morgan fingerprint density at radius 2 is 1.74 bits per heavy atom. The second-order valence-electron chi connectivity index (χ2n) is 5.66. The van der Waals surface area contributed by atoms with Crippen molar-refractivity contribution in [1.29, 1.82) is 0 Å². The Kier molecular flexibility index (Phi) is 5.42. The first-order chi connectivity index (χ1) is 8.63. The standard InChI is InChI=1S/C14H22ClNO2S/c1-11(12-5-7-13(15)8-6-12)16-9-10-19(17,18)14(2,3)4/h5-8,11,16H,9-10H2,1-4H3/t11-/m0/s1. The molecule has 0 heterocycles. The predicted molar refractivity (Wildman–Crippen MR) is 81.4 cm³/mol. The predicted octanol–water partition coefficient (Wildman–Crippen LogP) is 3.20. The summed E-state index contributed by atoms with van der Waals surface area (Å²) in [5.74, 6) is 0.147. The molecule has 1 aromatic rings. The lowest BCUT2D eigenvalue weighted by molar-refractivity contribution is 0.546. The highest BCUT2D eigenvalue weighted by molar-refractivity contribution is 7.92. The van der Waals surface area contributed by atoms with Gasteiger partial charge in [-0.05, 0) is 45.4 Å². The molecule has 1 atom stereocenters. The van der Waals surface area contributed by atoms with Gasteiger partial charge in [-0.3, -0.25) is 0 Å². The van der Waals surface area contributed by atoms with E-state index in [0.717, 1.165) is 5.56 Å². The molecule has 0 aromatic heterocycles. The van der Waals surface area contributed by atoms with Gasteiger partial charge in [-0.1, -0.05) is 23.7 Å². The van der Waals surface area contributed by atoms with Crippen LogP contribution in [0.15, 0.2) is 24.3 Å². The van der Waals surface area contributed by atoms with Crippen molar-refractivity contribution in [2.75, 3.05) is 12.3 Å². The molecule has 1 N–H and O–H groups in total. The Morgan fingerprint density at radius 1 is 1.21 bits per heavy atom. The third kappa shape index (κ3) is 4.79. The lowest BCUT2D eigenvalue weighted by Gasteiger charge is -2.20. The molecule has 1 aromatic carbocycles. The molecule has 0 aliphatic rings. The van der Waals surface area contributed by atoms with E-state index < -0.39 is 14.6 Å². The van der Waals surface area contributed by atoms with E-state index in [9.17, 15) is 8.42 Å². The van der Waals surface area contributed by atoms with E-state index in [-0.39, 0.29) is 11.8 Å². The van der Waals surface area contributed by atoms with E-state index in [4.69, 9.17) is 11.6 Å². The van der Waals surface area contributed by atoms with Crippen LogP contribution < -0.4 is 5.32 Å². The average Bonchev–Trinajstić information content (AvgIpc) is 2.28. The number of hydrogen-bond acceptors (Lipinski definition) is 3. The van der Waals surface area contributed by atoms with Gasteiger partial charge in [-0.15, -0.1) is 0 Å². The zero-order valence-electron chi connectivity index (χ0n) is 11.9. The Balaban J connectivity index is 2.52. The number of halogens is 1. The van der Waals surface area contributed by atoms with E-state index in [0.29, 0.717) is 11.6 Å². The Bertz CT molecular complexity index is 503. The van der Waals surface area contributed by atoms with Crippen molar-refractivity contribution in [2.45, 2.75) is 38.5 Å². The molecule has 108 valence electrons. The molecule has 1 rings (SSSR count). The maximum Gasteiger partial charge on any atom is 0.156 e. The molecule has 0 spiro atoms. The van der Waals surface area contributed by atoms with Crippen LogP contribution in [0.1, 0.15) is 39.3 Å². The zero-order valence-corrected chi connectivity index (χ0v) is 13.5. The van der Waals surface area contributed by atoms with Crippen LogP contribution in [0, 0.1) is 0 Å². The van der Waals surface area contributed by atoms with Crippen molar-refractivity contribution in [3.8, 4) is 0 Å². The summed E-state index contributed by atoms with van der Waals surface area (Å²) in [6, 6.07) is 7.66. The molecule has 0 amide bonds. The SMILES string of the molecule is C[C@H](NCCS(=O)(=O)C(C)(C)C)c1ccc(Cl)cc1. The maximum atomic E-state index is 12.0. The van der Waals surface area contributed by atoms with Crippen molar-refractivity contribution in [3.05, 3.63) is 34.9 Å². The summed E-state index contributed by atoms with van der Waals surface area (Å²) < 4.78 is 23.2. The summed E-state index contributed by atoms with van der Waals surface area (Å²) >= 11 is 5.83. The van der Waals surface area contributed by atoms with Crippen LogP contribution in [0.5, 0.6) is 0 Å². The second-order valence-corrected chi connectivity index (χ2v) is 8.96. The monoisotopic (exact) mass is 303 g/mol. The number of nitrogens with one attached hydrogen (secondary N) is 1. The summed E-state index contributed by atoms with van der Waals surface area (Å²) in [5, 5.41) is 3.92. The Hall–Kier alpha value is -0.580. The van der Waals surface area contributed by atoms with Gasteiger partial charge in [0.1, 0.15) is 0 Å². The number of rotatable bonds is 5. The van der Waals surface area contributed by atoms with Crippen LogP contribution in [0.3, 0.4) is 0 Å². The molecule has 0 saturated heterocycles. The highest BCUT2D eigenvalue weighted by atomic mass is 35.5. The third-order valence-corrected chi connectivity index (χ3v) is 5.98. The molecular formula is C14H22ClNO2S. The van der Waals surface area contributed by atoms with Crippen molar-refractivity contribution in [2.24, 2.45) is 0 Å². The van der Waals surface area contributed by atoms with Gasteiger partial charge in [-0.2, -0.15) is 0 Å². The molecular weight excluding hydrogens is 282 g/mol. The zero-order chi connectivity index (χ0) is 14.7. The minimum atomic E-state index is -3.07. The molecule has 0 saturated carbocycles. The Labute approximate surface area is 121 Å². The first-order valence-corrected chi connectivity index (χ1v) is 8.37. The Morgan fingerprint density at radius 3 is 2.21 bits per heavy atom. The summed E-state index contributed by atoms with van der Waals surface area (Å²) in [6.07, 6.45) is 0. The number of hydrogen-bond donors (Lipinski definition) is 1. The molecule has 0 fully saturated rings. The van der Waals surface area contributed by atoms with Crippen molar-refractivity contribution < 1.29 is 8.42 Å². The van der Waals surface area contributed by atoms with Gasteiger partial charge in [0, 0.05) is 17.6 Å². The van der Waals surface area contributed by atoms with E-state index in [1.165, 1.54) is 0 Å². The molecule has 3 nitrogen and oxygen atoms in total. The van der Waals surface area contributed by atoms with Crippen LogP contribution in [0.2, 0.25) is 5.02 Å². The molecule has 0 aliphatic heterocycles. The maximum absolute atomic E-state index is 12.0. The molecule has 0 bridgehead atoms. The normalized spacial score (nSPS) is 14.4. The first kappa shape index (κ1) is 16.5.